The highest BCUT2D eigenvalue weighted by Crippen LogP contribution is 2.18. The third-order valence-corrected chi connectivity index (χ3v) is 5.42. The van der Waals surface area contributed by atoms with Crippen molar-refractivity contribution in [2.24, 2.45) is 0 Å². The number of ether oxygens (including phenoxy) is 2. The number of nitrogens with zero attached hydrogens (tertiary/aromatic N) is 3. The van der Waals surface area contributed by atoms with E-state index in [1.54, 1.807) is 36.4 Å². The fourth-order valence-corrected chi connectivity index (χ4v) is 3.66. The Morgan fingerprint density at radius 3 is 2.69 bits per heavy atom. The molecule has 2 aromatic heterocycles. The van der Waals surface area contributed by atoms with Crippen LogP contribution in [0.3, 0.4) is 0 Å². The molecule has 0 aliphatic heterocycles. The van der Waals surface area contributed by atoms with Gasteiger partial charge in [-0.25, -0.2) is 9.37 Å². The largest absolute Gasteiger partial charge is 0.487 e. The Bertz CT molecular complexity index is 1300. The first kappa shape index (κ1) is 21.4. The quantitative estimate of drug-likeness (QED) is 0.438. The van der Waals surface area contributed by atoms with Gasteiger partial charge in [-0.1, -0.05) is 30.4 Å². The zero-order valence-electron chi connectivity index (χ0n) is 17.1. The minimum absolute atomic E-state index is 0.0158. The summed E-state index contributed by atoms with van der Waals surface area (Å²) in [5.41, 5.74) is 0.790. The third kappa shape index (κ3) is 5.09. The van der Waals surface area contributed by atoms with Gasteiger partial charge in [0.1, 0.15) is 17.4 Å². The van der Waals surface area contributed by atoms with Crippen molar-refractivity contribution in [3.05, 3.63) is 81.5 Å². The smallest absolute Gasteiger partial charge is 0.275 e. The van der Waals surface area contributed by atoms with E-state index in [2.05, 4.69) is 15.4 Å². The SMILES string of the molecule is CCc1nn2c(=O)cc(COc3ccc(NC(=O)COc4ccccc4F)cc3)nc2s1. The molecule has 0 fully saturated rings. The lowest BCUT2D eigenvalue weighted by Gasteiger charge is -2.09. The molecule has 0 atom stereocenters. The van der Waals surface area contributed by atoms with E-state index in [4.69, 9.17) is 9.47 Å². The molecule has 4 aromatic rings. The van der Waals surface area contributed by atoms with Crippen molar-refractivity contribution < 1.29 is 18.7 Å². The molecular weight excluding hydrogens is 435 g/mol. The van der Waals surface area contributed by atoms with Gasteiger partial charge in [0, 0.05) is 11.8 Å². The number of hydrogen-bond acceptors (Lipinski definition) is 7. The molecule has 0 saturated carbocycles. The van der Waals surface area contributed by atoms with Crippen LogP contribution in [0.4, 0.5) is 10.1 Å². The van der Waals surface area contributed by atoms with Gasteiger partial charge in [-0.3, -0.25) is 9.59 Å². The van der Waals surface area contributed by atoms with Gasteiger partial charge in [-0.05, 0) is 42.8 Å². The van der Waals surface area contributed by atoms with Crippen LogP contribution in [-0.2, 0) is 17.8 Å². The van der Waals surface area contributed by atoms with Crippen molar-refractivity contribution in [1.82, 2.24) is 14.6 Å². The normalized spacial score (nSPS) is 10.8. The summed E-state index contributed by atoms with van der Waals surface area (Å²) in [7, 11) is 0. The number of carbonyl (C=O) groups is 1. The molecule has 2 aromatic carbocycles. The van der Waals surface area contributed by atoms with Crippen LogP contribution in [0.2, 0.25) is 0 Å². The van der Waals surface area contributed by atoms with Gasteiger partial charge in [0.15, 0.2) is 18.2 Å². The van der Waals surface area contributed by atoms with Crippen LogP contribution in [0.1, 0.15) is 17.6 Å². The van der Waals surface area contributed by atoms with E-state index in [0.717, 1.165) is 11.4 Å². The lowest BCUT2D eigenvalue weighted by atomic mass is 10.3. The molecule has 0 radical (unpaired) electrons. The van der Waals surface area contributed by atoms with E-state index in [0.29, 0.717) is 22.1 Å². The second kappa shape index (κ2) is 9.56. The molecule has 0 aliphatic carbocycles. The highest BCUT2D eigenvalue weighted by Gasteiger charge is 2.09. The number of rotatable bonds is 8. The van der Waals surface area contributed by atoms with E-state index >= 15 is 0 Å². The van der Waals surface area contributed by atoms with E-state index in [9.17, 15) is 14.0 Å². The number of para-hydroxylation sites is 1. The predicted octanol–water partition coefficient (Wildman–Crippen LogP) is 3.45. The number of fused-ring (bicyclic) bond motifs is 1. The Morgan fingerprint density at radius 1 is 1.16 bits per heavy atom. The van der Waals surface area contributed by atoms with Crippen molar-refractivity contribution in [3.63, 3.8) is 0 Å². The van der Waals surface area contributed by atoms with Crippen molar-refractivity contribution in [2.75, 3.05) is 11.9 Å². The molecule has 2 heterocycles. The summed E-state index contributed by atoms with van der Waals surface area (Å²) in [6.45, 7) is 1.77. The summed E-state index contributed by atoms with van der Waals surface area (Å²) < 4.78 is 25.7. The second-order valence-corrected chi connectivity index (χ2v) is 7.75. The average molecular weight is 454 g/mol. The summed E-state index contributed by atoms with van der Waals surface area (Å²) in [4.78, 5) is 29.2. The molecule has 1 N–H and O–H groups in total. The summed E-state index contributed by atoms with van der Waals surface area (Å²) in [6.07, 6.45) is 0.734. The lowest BCUT2D eigenvalue weighted by molar-refractivity contribution is -0.118. The Labute approximate surface area is 186 Å². The van der Waals surface area contributed by atoms with Crippen LogP contribution in [-0.4, -0.2) is 27.1 Å². The molecule has 4 rings (SSSR count). The average Bonchev–Trinajstić information content (AvgIpc) is 3.22. The molecule has 32 heavy (non-hydrogen) atoms. The van der Waals surface area contributed by atoms with Gasteiger partial charge in [-0.15, -0.1) is 0 Å². The first-order valence-corrected chi connectivity index (χ1v) is 10.6. The Balaban J connectivity index is 1.32. The summed E-state index contributed by atoms with van der Waals surface area (Å²) >= 11 is 1.37. The van der Waals surface area contributed by atoms with Crippen molar-refractivity contribution in [2.45, 2.75) is 20.0 Å². The zero-order valence-corrected chi connectivity index (χ0v) is 17.9. The van der Waals surface area contributed by atoms with E-state index < -0.39 is 11.7 Å². The monoisotopic (exact) mass is 454 g/mol. The molecular formula is C22H19FN4O4S. The van der Waals surface area contributed by atoms with Crippen LogP contribution in [0.5, 0.6) is 11.5 Å². The van der Waals surface area contributed by atoms with Crippen LogP contribution < -0.4 is 20.3 Å². The molecule has 164 valence electrons. The third-order valence-electron chi connectivity index (χ3n) is 4.36. The topological polar surface area (TPSA) is 94.8 Å². The van der Waals surface area contributed by atoms with Crippen molar-refractivity contribution in [3.8, 4) is 11.5 Å². The fraction of sp³-hybridized carbons (Fsp3) is 0.182. The molecule has 0 aliphatic rings. The molecule has 10 heteroatoms. The second-order valence-electron chi connectivity index (χ2n) is 6.71. The fourth-order valence-electron chi connectivity index (χ4n) is 2.81. The minimum Gasteiger partial charge on any atom is -0.487 e. The van der Waals surface area contributed by atoms with Gasteiger partial charge >= 0.3 is 0 Å². The number of anilines is 1. The van der Waals surface area contributed by atoms with Crippen LogP contribution in [0.25, 0.3) is 4.96 Å². The summed E-state index contributed by atoms with van der Waals surface area (Å²) in [5.74, 6) is -0.386. The van der Waals surface area contributed by atoms with E-state index in [1.807, 2.05) is 6.92 Å². The van der Waals surface area contributed by atoms with Crippen molar-refractivity contribution in [1.29, 1.82) is 0 Å². The molecule has 8 nitrogen and oxygen atoms in total. The van der Waals surface area contributed by atoms with Gasteiger partial charge < -0.3 is 14.8 Å². The molecule has 0 saturated heterocycles. The Hall–Kier alpha value is -3.79. The zero-order chi connectivity index (χ0) is 22.5. The summed E-state index contributed by atoms with van der Waals surface area (Å²) in [5, 5.41) is 7.72. The molecule has 0 unspecified atom stereocenters. The number of benzene rings is 2. The van der Waals surface area contributed by atoms with Crippen LogP contribution in [0, 0.1) is 5.82 Å². The maximum atomic E-state index is 13.5. The highest BCUT2D eigenvalue weighted by molar-refractivity contribution is 7.16. The molecule has 1 amide bonds. The Morgan fingerprint density at radius 2 is 1.94 bits per heavy atom. The number of aryl methyl sites for hydroxylation is 1. The minimum atomic E-state index is -0.528. The van der Waals surface area contributed by atoms with Gasteiger partial charge in [0.25, 0.3) is 11.5 Å². The number of amides is 1. The molecule has 0 spiro atoms. The highest BCUT2D eigenvalue weighted by atomic mass is 32.1. The maximum absolute atomic E-state index is 13.5. The first-order chi connectivity index (χ1) is 15.5. The lowest BCUT2D eigenvalue weighted by Crippen LogP contribution is -2.20. The number of hydrogen-bond donors (Lipinski definition) is 1. The predicted molar refractivity (Wildman–Crippen MR) is 118 cm³/mol. The number of nitrogens with one attached hydrogen (secondary N) is 1. The Kier molecular flexibility index (Phi) is 6.41. The number of halogens is 1. The van der Waals surface area contributed by atoms with Crippen LogP contribution in [0.15, 0.2) is 59.4 Å². The number of aromatic nitrogens is 3. The van der Waals surface area contributed by atoms with Crippen molar-refractivity contribution >= 4 is 27.9 Å². The summed E-state index contributed by atoms with van der Waals surface area (Å²) in [6, 6.07) is 14.0. The standard InChI is InChI=1S/C22H19FN4O4S/c1-2-20-26-27-21(29)11-15(25-22(27)32-20)12-30-16-9-7-14(8-10-16)24-19(28)13-31-18-6-4-3-5-17(18)23/h3-11H,2,12-13H2,1H3,(H,24,28). The van der Waals surface area contributed by atoms with E-state index in [1.165, 1.54) is 34.1 Å². The molecule has 0 bridgehead atoms. The maximum Gasteiger partial charge on any atom is 0.275 e. The van der Waals surface area contributed by atoms with Gasteiger partial charge in [-0.2, -0.15) is 9.61 Å². The first-order valence-electron chi connectivity index (χ1n) is 9.80. The van der Waals surface area contributed by atoms with Crippen LogP contribution >= 0.6 is 11.3 Å². The van der Waals surface area contributed by atoms with E-state index in [-0.39, 0.29) is 24.5 Å². The van der Waals surface area contributed by atoms with Gasteiger partial charge in [0.05, 0.1) is 5.69 Å². The van der Waals surface area contributed by atoms with Gasteiger partial charge in [0.2, 0.25) is 4.96 Å². The number of carbonyl (C=O) groups excluding carboxylic acids is 1.